The molecule has 0 heterocycles. The smallest absolute Gasteiger partial charge is 0.0593 e. The second-order valence-corrected chi connectivity index (χ2v) is 1.87. The quantitative estimate of drug-likeness (QED) is 0.425. The van der Waals surface area contributed by atoms with Gasteiger partial charge in [-0.15, -0.1) is 0 Å². The lowest BCUT2D eigenvalue weighted by atomic mass is 10.7. The molecule has 0 aromatic rings. The van der Waals surface area contributed by atoms with Crippen molar-refractivity contribution in [2.24, 2.45) is 10.3 Å². The molecule has 0 aromatic heterocycles. The molecule has 7 heavy (non-hydrogen) atoms. The van der Waals surface area contributed by atoms with Crippen LogP contribution < -0.4 is 5.14 Å². The van der Waals surface area contributed by atoms with E-state index in [1.807, 2.05) is 0 Å². The molecular weight excluding hydrogens is 110 g/mol. The summed E-state index contributed by atoms with van der Waals surface area (Å²) < 4.78 is 0. The molecule has 3 N–H and O–H groups in total. The fraction of sp³-hybridized carbons (Fsp3) is 0.333. The minimum Gasteiger partial charge on any atom is -0.274 e. The standard InChI is InChI=1S/C3H7N3S/c1-3(7-5)2-6-4/h2,4H,5H2,1H3/b3-2-,6-4?. The fourth-order valence-corrected chi connectivity index (χ4v) is 0.235. The molecule has 3 nitrogen and oxygen atoms in total. The maximum atomic E-state index is 6.32. The van der Waals surface area contributed by atoms with E-state index in [4.69, 9.17) is 10.7 Å². The summed E-state index contributed by atoms with van der Waals surface area (Å²) in [6.45, 7) is 1.79. The second kappa shape index (κ2) is 3.83. The van der Waals surface area contributed by atoms with Crippen LogP contribution in [-0.4, -0.2) is 0 Å². The van der Waals surface area contributed by atoms with Gasteiger partial charge in [0.15, 0.2) is 0 Å². The number of nitrogens with two attached hydrogens (primary N) is 1. The Morgan fingerprint density at radius 2 is 2.57 bits per heavy atom. The molecule has 0 aliphatic carbocycles. The van der Waals surface area contributed by atoms with Crippen molar-refractivity contribution in [3.8, 4) is 0 Å². The summed E-state index contributed by atoms with van der Waals surface area (Å²) in [5.41, 5.74) is 6.32. The van der Waals surface area contributed by atoms with Crippen molar-refractivity contribution in [1.29, 1.82) is 5.53 Å². The Bertz CT molecular complexity index is 88.2. The number of nitrogens with zero attached hydrogens (tertiary/aromatic N) is 1. The third-order valence-electron chi connectivity index (χ3n) is 0.432. The molecule has 4 heteroatoms. The van der Waals surface area contributed by atoms with E-state index in [1.54, 1.807) is 6.92 Å². The number of hydrogen-bond donors (Lipinski definition) is 2. The Hall–Kier alpha value is -0.350. The van der Waals surface area contributed by atoms with Gasteiger partial charge in [-0.25, -0.2) is 5.53 Å². The fourth-order valence-electron chi connectivity index (χ4n) is 0.121. The van der Waals surface area contributed by atoms with Gasteiger partial charge in [0, 0.05) is 4.91 Å². The Kier molecular flexibility index (Phi) is 3.64. The first-order chi connectivity index (χ1) is 3.31. The molecule has 0 unspecified atom stereocenters. The van der Waals surface area contributed by atoms with Crippen LogP contribution in [0, 0.1) is 5.53 Å². The van der Waals surface area contributed by atoms with E-state index in [2.05, 4.69) is 5.11 Å². The summed E-state index contributed by atoms with van der Waals surface area (Å²) >= 11 is 1.10. The Morgan fingerprint density at radius 3 is 2.71 bits per heavy atom. The zero-order valence-corrected chi connectivity index (χ0v) is 4.83. The molecule has 0 aromatic carbocycles. The average molecular weight is 117 g/mol. The van der Waals surface area contributed by atoms with Gasteiger partial charge < -0.3 is 0 Å². The van der Waals surface area contributed by atoms with Gasteiger partial charge in [-0.1, -0.05) is 11.9 Å². The monoisotopic (exact) mass is 117 g/mol. The number of nitrogens with one attached hydrogen (secondary N) is 1. The first-order valence-corrected chi connectivity index (χ1v) is 2.59. The summed E-state index contributed by atoms with van der Waals surface area (Å²) in [7, 11) is 0. The number of allylic oxidation sites excluding steroid dienone is 1. The molecule has 0 atom stereocenters. The Balaban J connectivity index is 3.49. The number of hydrogen-bond acceptors (Lipinski definition) is 4. The van der Waals surface area contributed by atoms with Crippen molar-refractivity contribution in [2.45, 2.75) is 6.92 Å². The van der Waals surface area contributed by atoms with Gasteiger partial charge in [-0.3, -0.25) is 5.14 Å². The van der Waals surface area contributed by atoms with Gasteiger partial charge in [-0.2, -0.15) is 5.11 Å². The van der Waals surface area contributed by atoms with Crippen LogP contribution in [0.4, 0.5) is 0 Å². The van der Waals surface area contributed by atoms with Crippen LogP contribution in [0.2, 0.25) is 0 Å². The highest BCUT2D eigenvalue weighted by atomic mass is 32.2. The Morgan fingerprint density at radius 1 is 2.00 bits per heavy atom. The molecule has 0 aliphatic heterocycles. The molecule has 0 spiro atoms. The molecule has 0 bridgehead atoms. The molecule has 40 valence electrons. The number of rotatable bonds is 2. The van der Waals surface area contributed by atoms with Crippen molar-refractivity contribution in [1.82, 2.24) is 0 Å². The predicted octanol–water partition coefficient (Wildman–Crippen LogP) is 1.49. The molecule has 0 rings (SSSR count). The first kappa shape index (κ1) is 6.65. The lowest BCUT2D eigenvalue weighted by Crippen LogP contribution is -1.74. The molecule has 0 radical (unpaired) electrons. The average Bonchev–Trinajstić information content (AvgIpc) is 1.68. The summed E-state index contributed by atoms with van der Waals surface area (Å²) in [6, 6.07) is 0. The summed E-state index contributed by atoms with van der Waals surface area (Å²) in [5, 5.41) is 8.06. The molecule has 0 aliphatic rings. The summed E-state index contributed by atoms with van der Waals surface area (Å²) in [4.78, 5) is 0.843. The molecule has 0 amide bonds. The zero-order chi connectivity index (χ0) is 5.70. The van der Waals surface area contributed by atoms with Gasteiger partial charge in [0.2, 0.25) is 0 Å². The highest BCUT2D eigenvalue weighted by Gasteiger charge is 1.77. The normalized spacial score (nSPS) is 11.4. The van der Waals surface area contributed by atoms with Gasteiger partial charge in [0.25, 0.3) is 0 Å². The van der Waals surface area contributed by atoms with Crippen LogP contribution in [0.3, 0.4) is 0 Å². The van der Waals surface area contributed by atoms with E-state index >= 15 is 0 Å². The second-order valence-electron chi connectivity index (χ2n) is 0.987. The van der Waals surface area contributed by atoms with E-state index in [0.29, 0.717) is 0 Å². The maximum Gasteiger partial charge on any atom is 0.0593 e. The van der Waals surface area contributed by atoms with Crippen LogP contribution in [0.1, 0.15) is 6.92 Å². The lowest BCUT2D eigenvalue weighted by Gasteiger charge is -1.84. The SMILES string of the molecule is C/C(=C/N=N)SN. The van der Waals surface area contributed by atoms with Crippen LogP contribution in [0.5, 0.6) is 0 Å². The summed E-state index contributed by atoms with van der Waals surface area (Å²) in [5.74, 6) is 0. The Labute approximate surface area is 46.6 Å². The maximum absolute atomic E-state index is 6.32. The van der Waals surface area contributed by atoms with Gasteiger partial charge in [0.05, 0.1) is 6.20 Å². The van der Waals surface area contributed by atoms with E-state index in [0.717, 1.165) is 16.9 Å². The minimum atomic E-state index is 0.843. The van der Waals surface area contributed by atoms with Gasteiger partial charge in [-0.05, 0) is 6.92 Å². The molecular formula is C3H7N3S. The van der Waals surface area contributed by atoms with Crippen molar-refractivity contribution in [2.75, 3.05) is 0 Å². The van der Waals surface area contributed by atoms with E-state index in [9.17, 15) is 0 Å². The third kappa shape index (κ3) is 3.48. The van der Waals surface area contributed by atoms with Crippen molar-refractivity contribution < 1.29 is 0 Å². The van der Waals surface area contributed by atoms with Crippen LogP contribution >= 0.6 is 11.9 Å². The first-order valence-electron chi connectivity index (χ1n) is 1.71. The third-order valence-corrected chi connectivity index (χ3v) is 0.909. The van der Waals surface area contributed by atoms with Crippen LogP contribution in [-0.2, 0) is 0 Å². The summed E-state index contributed by atoms with van der Waals surface area (Å²) in [6.07, 6.45) is 1.39. The van der Waals surface area contributed by atoms with Crippen LogP contribution in [0.25, 0.3) is 0 Å². The highest BCUT2D eigenvalue weighted by molar-refractivity contribution is 8.00. The van der Waals surface area contributed by atoms with E-state index in [-0.39, 0.29) is 0 Å². The molecule has 0 saturated heterocycles. The zero-order valence-electron chi connectivity index (χ0n) is 4.01. The topological polar surface area (TPSA) is 62.2 Å². The van der Waals surface area contributed by atoms with Gasteiger partial charge >= 0.3 is 0 Å². The van der Waals surface area contributed by atoms with Crippen LogP contribution in [0.15, 0.2) is 16.2 Å². The minimum absolute atomic E-state index is 0.843. The van der Waals surface area contributed by atoms with Crippen molar-refractivity contribution in [3.05, 3.63) is 11.1 Å². The van der Waals surface area contributed by atoms with Gasteiger partial charge in [0.1, 0.15) is 0 Å². The molecule has 0 fully saturated rings. The molecule has 0 saturated carbocycles. The largest absolute Gasteiger partial charge is 0.274 e. The van der Waals surface area contributed by atoms with E-state index in [1.165, 1.54) is 6.20 Å². The highest BCUT2D eigenvalue weighted by Crippen LogP contribution is 2.03. The predicted molar refractivity (Wildman–Crippen MR) is 30.7 cm³/mol. The van der Waals surface area contributed by atoms with Crippen molar-refractivity contribution in [3.63, 3.8) is 0 Å². The van der Waals surface area contributed by atoms with Crippen molar-refractivity contribution >= 4 is 11.9 Å². The lowest BCUT2D eigenvalue weighted by molar-refractivity contribution is 1.13. The van der Waals surface area contributed by atoms with E-state index < -0.39 is 0 Å².